The zero-order valence-corrected chi connectivity index (χ0v) is 7.66. The van der Waals surface area contributed by atoms with Crippen LogP contribution in [0.5, 0.6) is 0 Å². The molecule has 1 aromatic rings. The van der Waals surface area contributed by atoms with Gasteiger partial charge in [-0.15, -0.1) is 0 Å². The largest absolute Gasteiger partial charge is 0.340 e. The van der Waals surface area contributed by atoms with Crippen molar-refractivity contribution in [2.75, 3.05) is 12.5 Å². The Morgan fingerprint density at radius 3 is 2.50 bits per heavy atom. The topological polar surface area (TPSA) is 57.5 Å². The summed E-state index contributed by atoms with van der Waals surface area (Å²) in [5, 5.41) is 2.40. The molecule has 0 unspecified atom stereocenters. The lowest BCUT2D eigenvalue weighted by Crippen LogP contribution is -2.36. The molecule has 0 aliphatic carbocycles. The van der Waals surface area contributed by atoms with Gasteiger partial charge in [0.05, 0.1) is 12.3 Å². The van der Waals surface area contributed by atoms with Crippen molar-refractivity contribution in [3.05, 3.63) is 35.7 Å². The van der Waals surface area contributed by atoms with Crippen molar-refractivity contribution in [3.8, 4) is 0 Å². The van der Waals surface area contributed by atoms with Gasteiger partial charge < -0.3 is 5.32 Å². The molecule has 0 saturated carbocycles. The van der Waals surface area contributed by atoms with E-state index in [4.69, 9.17) is 6.57 Å². The molecule has 0 aliphatic heterocycles. The van der Waals surface area contributed by atoms with Crippen molar-refractivity contribution >= 4 is 17.4 Å². The molecule has 1 aromatic carbocycles. The number of nitrogens with zero attached hydrogens (tertiary/aromatic N) is 1. The van der Waals surface area contributed by atoms with Crippen LogP contribution in [0.2, 0.25) is 0 Å². The van der Waals surface area contributed by atoms with Gasteiger partial charge >= 0.3 is 6.03 Å². The second-order valence-electron chi connectivity index (χ2n) is 2.49. The number of rotatable bonds is 2. The van der Waals surface area contributed by atoms with Gasteiger partial charge in [0, 0.05) is 7.05 Å². The van der Waals surface area contributed by atoms with Crippen LogP contribution in [0.1, 0.15) is 0 Å². The van der Waals surface area contributed by atoms with E-state index < -0.39 is 0 Å². The monoisotopic (exact) mass is 190 g/mol. The highest BCUT2D eigenvalue weighted by atomic mass is 16.2. The normalized spacial score (nSPS) is 8.57. The summed E-state index contributed by atoms with van der Waals surface area (Å²) in [5.41, 5.74) is 6.38. The van der Waals surface area contributed by atoms with E-state index in [9.17, 15) is 4.79 Å². The Balaban J connectivity index is 2.53. The molecule has 0 atom stereocenters. The third-order valence-electron chi connectivity index (χ3n) is 1.54. The minimum absolute atomic E-state index is 0.320. The molecule has 0 bridgehead atoms. The summed E-state index contributed by atoms with van der Waals surface area (Å²) in [6.45, 7) is 6.74. The lowest BCUT2D eigenvalue weighted by atomic mass is 10.3. The van der Waals surface area contributed by atoms with Crippen LogP contribution in [0.4, 0.5) is 16.2 Å². The van der Waals surface area contributed by atoms with Crippen LogP contribution in [0, 0.1) is 6.57 Å². The summed E-state index contributed by atoms with van der Waals surface area (Å²) >= 11 is 0. The van der Waals surface area contributed by atoms with E-state index in [0.717, 1.165) is 5.69 Å². The fourth-order valence-corrected chi connectivity index (χ4v) is 0.811. The second-order valence-corrected chi connectivity index (χ2v) is 2.49. The average molecular weight is 190 g/mol. The Labute approximate surface area is 81.9 Å². The lowest BCUT2D eigenvalue weighted by Gasteiger charge is -2.07. The average Bonchev–Trinajstić information content (AvgIpc) is 2.26. The summed E-state index contributed by atoms with van der Waals surface area (Å²) in [6, 6.07) is 6.44. The van der Waals surface area contributed by atoms with Crippen LogP contribution in [-0.2, 0) is 0 Å². The smallest absolute Gasteiger partial charge is 0.333 e. The maximum atomic E-state index is 10.8. The predicted molar refractivity (Wildman–Crippen MR) is 53.9 cm³/mol. The van der Waals surface area contributed by atoms with E-state index in [-0.39, 0.29) is 6.03 Å². The van der Waals surface area contributed by atoms with E-state index in [1.165, 1.54) is 7.05 Å². The molecular weight excluding hydrogens is 180 g/mol. The molecule has 0 fully saturated rings. The number of amides is 2. The molecular formula is C9H10N4O. The first-order valence-corrected chi connectivity index (χ1v) is 3.97. The summed E-state index contributed by atoms with van der Waals surface area (Å²) in [4.78, 5) is 14.0. The minimum Gasteiger partial charge on any atom is -0.340 e. The molecule has 2 amide bonds. The molecule has 14 heavy (non-hydrogen) atoms. The summed E-state index contributed by atoms with van der Waals surface area (Å²) in [7, 11) is 1.53. The predicted octanol–water partition coefficient (Wildman–Crippen LogP) is 1.49. The van der Waals surface area contributed by atoms with Gasteiger partial charge in [0.2, 0.25) is 0 Å². The number of hydrazine groups is 1. The van der Waals surface area contributed by atoms with Gasteiger partial charge in [-0.1, -0.05) is 12.1 Å². The van der Waals surface area contributed by atoms with Crippen LogP contribution in [0.25, 0.3) is 4.85 Å². The van der Waals surface area contributed by atoms with Gasteiger partial charge in [-0.05, 0) is 12.1 Å². The number of carbonyl (C=O) groups excluding carboxylic acids is 1. The van der Waals surface area contributed by atoms with Gasteiger partial charge in [-0.25, -0.2) is 9.64 Å². The number of urea groups is 1. The highest BCUT2D eigenvalue weighted by Gasteiger charge is 1.95. The zero-order valence-electron chi connectivity index (χ0n) is 7.66. The molecule has 1 rings (SSSR count). The Bertz CT molecular complexity index is 352. The van der Waals surface area contributed by atoms with Crippen molar-refractivity contribution in [1.82, 2.24) is 10.7 Å². The van der Waals surface area contributed by atoms with Crippen LogP contribution in [0.15, 0.2) is 24.3 Å². The molecule has 0 heterocycles. The Morgan fingerprint density at radius 2 is 2.00 bits per heavy atom. The third-order valence-corrected chi connectivity index (χ3v) is 1.54. The highest BCUT2D eigenvalue weighted by molar-refractivity contribution is 5.75. The molecule has 5 heteroatoms. The van der Waals surface area contributed by atoms with Crippen LogP contribution >= 0.6 is 0 Å². The maximum Gasteiger partial charge on any atom is 0.333 e. The Kier molecular flexibility index (Phi) is 3.33. The highest BCUT2D eigenvalue weighted by Crippen LogP contribution is 2.14. The number of hydrogen-bond acceptors (Lipinski definition) is 2. The number of nitrogens with one attached hydrogen (secondary N) is 3. The molecule has 0 aliphatic rings. The van der Waals surface area contributed by atoms with Crippen molar-refractivity contribution in [2.24, 2.45) is 0 Å². The SMILES string of the molecule is [C-]#[N+]c1ccc(NNC(=O)NC)cc1. The van der Waals surface area contributed by atoms with Gasteiger partial charge in [-0.3, -0.25) is 10.9 Å². The third kappa shape index (κ3) is 2.68. The van der Waals surface area contributed by atoms with E-state index in [1.807, 2.05) is 0 Å². The first-order chi connectivity index (χ1) is 6.76. The van der Waals surface area contributed by atoms with E-state index in [0.29, 0.717) is 5.69 Å². The first-order valence-electron chi connectivity index (χ1n) is 3.97. The van der Waals surface area contributed by atoms with E-state index in [2.05, 4.69) is 21.0 Å². The maximum absolute atomic E-state index is 10.8. The summed E-state index contributed by atoms with van der Waals surface area (Å²) in [5.74, 6) is 0. The van der Waals surface area contributed by atoms with Gasteiger partial charge in [-0.2, -0.15) is 0 Å². The summed E-state index contributed by atoms with van der Waals surface area (Å²) < 4.78 is 0. The number of anilines is 1. The van der Waals surface area contributed by atoms with Crippen molar-refractivity contribution in [3.63, 3.8) is 0 Å². The minimum atomic E-state index is -0.320. The number of hydrogen-bond donors (Lipinski definition) is 3. The molecule has 0 spiro atoms. The Morgan fingerprint density at radius 1 is 1.36 bits per heavy atom. The molecule has 0 aromatic heterocycles. The Hall–Kier alpha value is -2.22. The second kappa shape index (κ2) is 4.72. The zero-order chi connectivity index (χ0) is 10.4. The van der Waals surface area contributed by atoms with Gasteiger partial charge in [0.25, 0.3) is 0 Å². The van der Waals surface area contributed by atoms with Crippen molar-refractivity contribution in [2.45, 2.75) is 0 Å². The van der Waals surface area contributed by atoms with Gasteiger partial charge in [0.1, 0.15) is 0 Å². The number of carbonyl (C=O) groups is 1. The summed E-state index contributed by atoms with van der Waals surface area (Å²) in [6.07, 6.45) is 0. The molecule has 72 valence electrons. The van der Waals surface area contributed by atoms with E-state index in [1.54, 1.807) is 24.3 Å². The van der Waals surface area contributed by atoms with E-state index >= 15 is 0 Å². The standard InChI is InChI=1S/C9H10N4O/c1-10-7-3-5-8(6-4-7)12-13-9(14)11-2/h3-6,12H,2H3,(H2,11,13,14). The molecule has 3 N–H and O–H groups in total. The van der Waals surface area contributed by atoms with Crippen LogP contribution in [0.3, 0.4) is 0 Å². The van der Waals surface area contributed by atoms with Crippen LogP contribution in [-0.4, -0.2) is 13.1 Å². The fourth-order valence-electron chi connectivity index (χ4n) is 0.811. The van der Waals surface area contributed by atoms with Crippen molar-refractivity contribution in [1.29, 1.82) is 0 Å². The molecule has 0 radical (unpaired) electrons. The quantitative estimate of drug-likeness (QED) is 0.489. The number of benzene rings is 1. The molecule has 5 nitrogen and oxygen atoms in total. The first kappa shape index (κ1) is 9.86. The van der Waals surface area contributed by atoms with Crippen LogP contribution < -0.4 is 16.2 Å². The lowest BCUT2D eigenvalue weighted by molar-refractivity contribution is 0.245. The molecule has 0 saturated heterocycles. The fraction of sp³-hybridized carbons (Fsp3) is 0.111. The van der Waals surface area contributed by atoms with Gasteiger partial charge in [0.15, 0.2) is 5.69 Å². The van der Waals surface area contributed by atoms with Crippen molar-refractivity contribution < 1.29 is 4.79 Å².